The van der Waals surface area contributed by atoms with Crippen molar-refractivity contribution in [3.05, 3.63) is 24.0 Å². The molecule has 0 unspecified atom stereocenters. The lowest BCUT2D eigenvalue weighted by Gasteiger charge is -2.15. The van der Waals surface area contributed by atoms with Gasteiger partial charge in [0.25, 0.3) is 11.8 Å². The zero-order chi connectivity index (χ0) is 13.6. The Morgan fingerprint density at radius 1 is 1.61 bits per heavy atom. The molecule has 1 aromatic heterocycles. The van der Waals surface area contributed by atoms with Gasteiger partial charge in [-0.15, -0.1) is 0 Å². The van der Waals surface area contributed by atoms with Crippen LogP contribution in [-0.2, 0) is 11.3 Å². The molecule has 0 aliphatic heterocycles. The summed E-state index contributed by atoms with van der Waals surface area (Å²) in [6.45, 7) is -0.636. The summed E-state index contributed by atoms with van der Waals surface area (Å²) in [5.74, 6) is -3.64. The molecule has 0 saturated carbocycles. The highest BCUT2D eigenvalue weighted by Crippen LogP contribution is 2.09. The van der Waals surface area contributed by atoms with Gasteiger partial charge in [-0.25, -0.2) is 8.78 Å². The van der Waals surface area contributed by atoms with Crippen LogP contribution in [0.3, 0.4) is 0 Å². The average Bonchev–Trinajstić information content (AvgIpc) is 2.82. The number of ether oxygens (including phenoxy) is 1. The lowest BCUT2D eigenvalue weighted by molar-refractivity contribution is 0.0117. The summed E-state index contributed by atoms with van der Waals surface area (Å²) < 4.78 is 32.3. The van der Waals surface area contributed by atoms with Gasteiger partial charge >= 0.3 is 0 Å². The van der Waals surface area contributed by atoms with Crippen molar-refractivity contribution in [2.24, 2.45) is 5.73 Å². The van der Waals surface area contributed by atoms with E-state index < -0.39 is 24.9 Å². The third-order valence-corrected chi connectivity index (χ3v) is 2.40. The topological polar surface area (TPSA) is 69.3 Å². The molecular formula is C11H17F2N3O2. The molecule has 0 radical (unpaired) electrons. The van der Waals surface area contributed by atoms with Crippen molar-refractivity contribution in [3.8, 4) is 0 Å². The van der Waals surface area contributed by atoms with Crippen LogP contribution in [0, 0.1) is 0 Å². The first-order chi connectivity index (χ1) is 8.50. The summed E-state index contributed by atoms with van der Waals surface area (Å²) in [4.78, 5) is 11.7. The second kappa shape index (κ2) is 6.46. The summed E-state index contributed by atoms with van der Waals surface area (Å²) in [5.41, 5.74) is 5.20. The third kappa shape index (κ3) is 4.08. The van der Waals surface area contributed by atoms with Crippen molar-refractivity contribution < 1.29 is 18.3 Å². The summed E-state index contributed by atoms with van der Waals surface area (Å²) in [6, 6.07) is 3.23. The number of carbonyl (C=O) groups excluding carboxylic acids is 1. The van der Waals surface area contributed by atoms with Crippen molar-refractivity contribution in [3.63, 3.8) is 0 Å². The van der Waals surface area contributed by atoms with Gasteiger partial charge in [-0.1, -0.05) is 0 Å². The number of nitrogens with zero attached hydrogens (tertiary/aromatic N) is 1. The zero-order valence-electron chi connectivity index (χ0n) is 10.2. The van der Waals surface area contributed by atoms with Gasteiger partial charge in [0.1, 0.15) is 5.69 Å². The van der Waals surface area contributed by atoms with Gasteiger partial charge in [0.2, 0.25) is 0 Å². The number of hydrogen-bond donors (Lipinski definition) is 2. The maximum atomic E-state index is 12.9. The molecule has 1 amide bonds. The van der Waals surface area contributed by atoms with Crippen LogP contribution in [0.25, 0.3) is 0 Å². The van der Waals surface area contributed by atoms with Crippen molar-refractivity contribution in [2.45, 2.75) is 12.5 Å². The molecule has 7 heteroatoms. The zero-order valence-corrected chi connectivity index (χ0v) is 10.2. The van der Waals surface area contributed by atoms with Gasteiger partial charge in [0.15, 0.2) is 0 Å². The van der Waals surface area contributed by atoms with E-state index in [2.05, 4.69) is 5.32 Å². The molecule has 0 aliphatic rings. The summed E-state index contributed by atoms with van der Waals surface area (Å²) in [7, 11) is 1.55. The van der Waals surface area contributed by atoms with Crippen LogP contribution in [0.2, 0.25) is 0 Å². The average molecular weight is 261 g/mol. The van der Waals surface area contributed by atoms with Crippen LogP contribution < -0.4 is 11.1 Å². The molecule has 3 N–H and O–H groups in total. The second-order valence-electron chi connectivity index (χ2n) is 3.82. The predicted octanol–water partition coefficient (Wildman–Crippen LogP) is 0.458. The van der Waals surface area contributed by atoms with E-state index in [1.165, 1.54) is 0 Å². The number of methoxy groups -OCH3 is 1. The minimum atomic E-state index is -3.08. The number of rotatable bonds is 7. The van der Waals surface area contributed by atoms with E-state index in [4.69, 9.17) is 10.5 Å². The Kier molecular flexibility index (Phi) is 5.24. The van der Waals surface area contributed by atoms with Crippen molar-refractivity contribution >= 4 is 5.91 Å². The number of nitrogens with one attached hydrogen (secondary N) is 1. The molecular weight excluding hydrogens is 244 g/mol. The maximum Gasteiger partial charge on any atom is 0.277 e. The first-order valence-electron chi connectivity index (χ1n) is 5.50. The predicted molar refractivity (Wildman–Crippen MR) is 62.6 cm³/mol. The maximum absolute atomic E-state index is 12.9. The molecule has 1 rings (SSSR count). The number of carbonyl (C=O) groups is 1. The number of halogens is 2. The van der Waals surface area contributed by atoms with Gasteiger partial charge in [-0.05, 0) is 12.1 Å². The Bertz CT molecular complexity index is 393. The molecule has 18 heavy (non-hydrogen) atoms. The molecule has 0 fully saturated rings. The molecule has 0 aromatic carbocycles. The fraction of sp³-hybridized carbons (Fsp3) is 0.545. The van der Waals surface area contributed by atoms with Gasteiger partial charge in [0.05, 0.1) is 19.7 Å². The molecule has 0 atom stereocenters. The standard InChI is InChI=1S/C11H17F2N3O2/c1-18-6-5-16-4-2-3-9(16)10(17)15-8-11(12,13)7-14/h2-4H,5-8,14H2,1H3,(H,15,17). The van der Waals surface area contributed by atoms with Gasteiger partial charge in [-0.3, -0.25) is 4.79 Å². The molecule has 0 saturated heterocycles. The summed E-state index contributed by atoms with van der Waals surface area (Å²) >= 11 is 0. The van der Waals surface area contributed by atoms with E-state index in [0.717, 1.165) is 0 Å². The largest absolute Gasteiger partial charge is 0.383 e. The molecule has 0 bridgehead atoms. The smallest absolute Gasteiger partial charge is 0.277 e. The Hall–Kier alpha value is -1.47. The number of hydrogen-bond acceptors (Lipinski definition) is 3. The van der Waals surface area contributed by atoms with E-state index >= 15 is 0 Å². The highest BCUT2D eigenvalue weighted by atomic mass is 19.3. The van der Waals surface area contributed by atoms with Crippen LogP contribution in [0.15, 0.2) is 18.3 Å². The number of aromatic nitrogens is 1. The van der Waals surface area contributed by atoms with E-state index in [9.17, 15) is 13.6 Å². The fourth-order valence-corrected chi connectivity index (χ4v) is 1.38. The van der Waals surface area contributed by atoms with E-state index in [1.54, 1.807) is 30.0 Å². The fourth-order valence-electron chi connectivity index (χ4n) is 1.38. The summed E-state index contributed by atoms with van der Waals surface area (Å²) in [6.07, 6.45) is 1.69. The highest BCUT2D eigenvalue weighted by molar-refractivity contribution is 5.92. The van der Waals surface area contributed by atoms with E-state index in [1.807, 2.05) is 0 Å². The van der Waals surface area contributed by atoms with Crippen LogP contribution in [0.4, 0.5) is 8.78 Å². The van der Waals surface area contributed by atoms with E-state index in [0.29, 0.717) is 18.8 Å². The molecule has 102 valence electrons. The molecule has 0 spiro atoms. The lowest BCUT2D eigenvalue weighted by Crippen LogP contribution is -2.42. The minimum Gasteiger partial charge on any atom is -0.383 e. The quantitative estimate of drug-likeness (QED) is 0.749. The normalized spacial score (nSPS) is 11.6. The Balaban J connectivity index is 2.59. The van der Waals surface area contributed by atoms with Crippen LogP contribution in [0.5, 0.6) is 0 Å². The van der Waals surface area contributed by atoms with Crippen LogP contribution in [-0.4, -0.2) is 43.2 Å². The highest BCUT2D eigenvalue weighted by Gasteiger charge is 2.27. The van der Waals surface area contributed by atoms with Gasteiger partial charge < -0.3 is 20.4 Å². The summed E-state index contributed by atoms with van der Waals surface area (Å²) in [5, 5.41) is 2.16. The molecule has 0 aliphatic carbocycles. The van der Waals surface area contributed by atoms with Crippen LogP contribution >= 0.6 is 0 Å². The SMILES string of the molecule is COCCn1cccc1C(=O)NCC(F)(F)CN. The lowest BCUT2D eigenvalue weighted by atomic mass is 10.3. The first-order valence-corrected chi connectivity index (χ1v) is 5.50. The number of nitrogens with two attached hydrogens (primary N) is 1. The monoisotopic (exact) mass is 261 g/mol. The number of amides is 1. The van der Waals surface area contributed by atoms with E-state index in [-0.39, 0.29) is 0 Å². The minimum absolute atomic E-state index is 0.319. The Morgan fingerprint density at radius 2 is 2.33 bits per heavy atom. The van der Waals surface area contributed by atoms with Gasteiger partial charge in [-0.2, -0.15) is 0 Å². The van der Waals surface area contributed by atoms with Crippen LogP contribution in [0.1, 0.15) is 10.5 Å². The van der Waals surface area contributed by atoms with Gasteiger partial charge in [0, 0.05) is 19.9 Å². The Labute approximate surface area is 104 Å². The first kappa shape index (κ1) is 14.6. The molecule has 1 aromatic rings. The number of alkyl halides is 2. The van der Waals surface area contributed by atoms with Crippen molar-refractivity contribution in [1.82, 2.24) is 9.88 Å². The Morgan fingerprint density at radius 3 is 2.94 bits per heavy atom. The molecule has 5 nitrogen and oxygen atoms in total. The van der Waals surface area contributed by atoms with Crippen molar-refractivity contribution in [2.75, 3.05) is 26.8 Å². The second-order valence-corrected chi connectivity index (χ2v) is 3.82. The molecule has 1 heterocycles. The van der Waals surface area contributed by atoms with Crippen molar-refractivity contribution in [1.29, 1.82) is 0 Å². The third-order valence-electron chi connectivity index (χ3n) is 2.40.